The highest BCUT2D eigenvalue weighted by atomic mass is 16.2. The van der Waals surface area contributed by atoms with E-state index < -0.39 is 0 Å². The van der Waals surface area contributed by atoms with Gasteiger partial charge in [-0.15, -0.1) is 5.10 Å². The van der Waals surface area contributed by atoms with Crippen LogP contribution in [-0.4, -0.2) is 53.7 Å². The number of rotatable bonds is 4. The van der Waals surface area contributed by atoms with Gasteiger partial charge in [0.15, 0.2) is 5.82 Å². The van der Waals surface area contributed by atoms with Crippen LogP contribution in [0.3, 0.4) is 0 Å². The van der Waals surface area contributed by atoms with Crippen molar-refractivity contribution in [2.75, 3.05) is 37.6 Å². The highest BCUT2D eigenvalue weighted by Crippen LogP contribution is 2.21. The number of carbonyl (C=O) groups excluding carboxylic acids is 1. The van der Waals surface area contributed by atoms with Crippen molar-refractivity contribution in [2.24, 2.45) is 11.7 Å². The molecule has 0 bridgehead atoms. The molecule has 2 N–H and O–H groups in total. The normalized spacial score (nSPS) is 22.1. The number of hydrogen-bond donors (Lipinski definition) is 1. The molecule has 0 saturated carbocycles. The maximum absolute atomic E-state index is 11.7. The third-order valence-corrected chi connectivity index (χ3v) is 4.68. The quantitative estimate of drug-likeness (QED) is 0.891. The zero-order valence-electron chi connectivity index (χ0n) is 13.1. The summed E-state index contributed by atoms with van der Waals surface area (Å²) in [5.41, 5.74) is 6.48. The number of piperidine rings is 1. The van der Waals surface area contributed by atoms with E-state index in [0.29, 0.717) is 5.92 Å². The zero-order valence-corrected chi connectivity index (χ0v) is 13.1. The molecule has 2 aliphatic rings. The van der Waals surface area contributed by atoms with Gasteiger partial charge < -0.3 is 15.5 Å². The van der Waals surface area contributed by atoms with Crippen LogP contribution >= 0.6 is 0 Å². The van der Waals surface area contributed by atoms with Crippen molar-refractivity contribution in [1.29, 1.82) is 0 Å². The van der Waals surface area contributed by atoms with Gasteiger partial charge in [-0.25, -0.2) is 0 Å². The standard InChI is InChI=1S/C16H25N5O/c17-11-16(22)21-9-3-4-13(12-21)10-14-5-6-15(19-18-14)20-7-1-2-8-20/h5-6,13H,1-4,7-12,17H2/t13-/m0/s1. The second-order valence-corrected chi connectivity index (χ2v) is 6.33. The summed E-state index contributed by atoms with van der Waals surface area (Å²) in [7, 11) is 0. The maximum atomic E-state index is 11.7. The molecule has 0 radical (unpaired) electrons. The first-order valence-electron chi connectivity index (χ1n) is 8.31. The monoisotopic (exact) mass is 303 g/mol. The summed E-state index contributed by atoms with van der Waals surface area (Å²) in [6.07, 6.45) is 5.58. The summed E-state index contributed by atoms with van der Waals surface area (Å²) in [5, 5.41) is 8.76. The summed E-state index contributed by atoms with van der Waals surface area (Å²) >= 11 is 0. The SMILES string of the molecule is NCC(=O)N1CCC[C@@H](Cc2ccc(N3CCCC3)nn2)C1. The van der Waals surface area contributed by atoms with Crippen molar-refractivity contribution in [3.05, 3.63) is 17.8 Å². The first kappa shape index (κ1) is 15.2. The maximum Gasteiger partial charge on any atom is 0.236 e. The molecule has 1 amide bonds. The van der Waals surface area contributed by atoms with E-state index in [1.807, 2.05) is 4.90 Å². The van der Waals surface area contributed by atoms with Gasteiger partial charge in [0.05, 0.1) is 12.2 Å². The zero-order chi connectivity index (χ0) is 15.4. The second kappa shape index (κ2) is 7.05. The molecule has 0 spiro atoms. The summed E-state index contributed by atoms with van der Waals surface area (Å²) in [6, 6.07) is 4.17. The van der Waals surface area contributed by atoms with Crippen molar-refractivity contribution in [1.82, 2.24) is 15.1 Å². The van der Waals surface area contributed by atoms with Gasteiger partial charge in [-0.05, 0) is 50.2 Å². The molecular weight excluding hydrogens is 278 g/mol. The molecule has 1 aromatic rings. The summed E-state index contributed by atoms with van der Waals surface area (Å²) in [5.74, 6) is 1.51. The lowest BCUT2D eigenvalue weighted by molar-refractivity contribution is -0.131. The van der Waals surface area contributed by atoms with Crippen LogP contribution in [0, 0.1) is 5.92 Å². The third kappa shape index (κ3) is 3.55. The van der Waals surface area contributed by atoms with Crippen LogP contribution in [0.2, 0.25) is 0 Å². The number of nitrogens with zero attached hydrogens (tertiary/aromatic N) is 4. The lowest BCUT2D eigenvalue weighted by atomic mass is 9.93. The van der Waals surface area contributed by atoms with E-state index in [0.717, 1.165) is 57.0 Å². The molecule has 1 aromatic heterocycles. The molecule has 120 valence electrons. The molecule has 0 aromatic carbocycles. The van der Waals surface area contributed by atoms with Crippen LogP contribution in [-0.2, 0) is 11.2 Å². The van der Waals surface area contributed by atoms with Crippen molar-refractivity contribution < 1.29 is 4.79 Å². The smallest absolute Gasteiger partial charge is 0.236 e. The molecular formula is C16H25N5O. The molecule has 3 heterocycles. The van der Waals surface area contributed by atoms with Gasteiger partial charge in [-0.2, -0.15) is 5.10 Å². The van der Waals surface area contributed by atoms with Gasteiger partial charge in [0.1, 0.15) is 0 Å². The van der Waals surface area contributed by atoms with Crippen LogP contribution in [0.1, 0.15) is 31.4 Å². The van der Waals surface area contributed by atoms with Crippen LogP contribution in [0.4, 0.5) is 5.82 Å². The molecule has 2 fully saturated rings. The molecule has 6 nitrogen and oxygen atoms in total. The van der Waals surface area contributed by atoms with Crippen LogP contribution in [0.5, 0.6) is 0 Å². The number of amides is 1. The van der Waals surface area contributed by atoms with Crippen LogP contribution in [0.25, 0.3) is 0 Å². The lowest BCUT2D eigenvalue weighted by Crippen LogP contribution is -2.43. The van der Waals surface area contributed by atoms with Gasteiger partial charge in [0.25, 0.3) is 0 Å². The van der Waals surface area contributed by atoms with Crippen molar-refractivity contribution in [2.45, 2.75) is 32.1 Å². The van der Waals surface area contributed by atoms with Gasteiger partial charge in [0, 0.05) is 26.2 Å². The Bertz CT molecular complexity index is 498. The molecule has 0 aliphatic carbocycles. The molecule has 0 unspecified atom stereocenters. The Labute approximate surface area is 131 Å². The van der Waals surface area contributed by atoms with E-state index in [4.69, 9.17) is 5.73 Å². The Balaban J connectivity index is 1.57. The van der Waals surface area contributed by atoms with E-state index in [2.05, 4.69) is 27.2 Å². The van der Waals surface area contributed by atoms with E-state index in [1.54, 1.807) is 0 Å². The van der Waals surface area contributed by atoms with E-state index in [-0.39, 0.29) is 12.5 Å². The van der Waals surface area contributed by atoms with E-state index in [9.17, 15) is 4.79 Å². The lowest BCUT2D eigenvalue weighted by Gasteiger charge is -2.32. The molecule has 3 rings (SSSR count). The molecule has 2 aliphatic heterocycles. The average molecular weight is 303 g/mol. The third-order valence-electron chi connectivity index (χ3n) is 4.68. The average Bonchev–Trinajstić information content (AvgIpc) is 3.09. The Hall–Kier alpha value is -1.69. The van der Waals surface area contributed by atoms with E-state index >= 15 is 0 Å². The topological polar surface area (TPSA) is 75.4 Å². The highest BCUT2D eigenvalue weighted by molar-refractivity contribution is 5.78. The minimum Gasteiger partial charge on any atom is -0.355 e. The van der Waals surface area contributed by atoms with Gasteiger partial charge >= 0.3 is 0 Å². The fourth-order valence-electron chi connectivity index (χ4n) is 3.46. The highest BCUT2D eigenvalue weighted by Gasteiger charge is 2.23. The fourth-order valence-corrected chi connectivity index (χ4v) is 3.46. The predicted molar refractivity (Wildman–Crippen MR) is 85.5 cm³/mol. The molecule has 2 saturated heterocycles. The summed E-state index contributed by atoms with van der Waals surface area (Å²) < 4.78 is 0. The van der Waals surface area contributed by atoms with Crippen molar-refractivity contribution in [3.8, 4) is 0 Å². The fraction of sp³-hybridized carbons (Fsp3) is 0.688. The molecule has 22 heavy (non-hydrogen) atoms. The number of likely N-dealkylation sites (tertiary alicyclic amines) is 1. The number of aromatic nitrogens is 2. The minimum absolute atomic E-state index is 0.0557. The number of hydrogen-bond acceptors (Lipinski definition) is 5. The largest absolute Gasteiger partial charge is 0.355 e. The van der Waals surface area contributed by atoms with Crippen molar-refractivity contribution in [3.63, 3.8) is 0 Å². The molecule has 6 heteroatoms. The van der Waals surface area contributed by atoms with Gasteiger partial charge in [-0.1, -0.05) is 0 Å². The minimum atomic E-state index is 0.0557. The van der Waals surface area contributed by atoms with Crippen molar-refractivity contribution >= 4 is 11.7 Å². The van der Waals surface area contributed by atoms with E-state index in [1.165, 1.54) is 12.8 Å². The number of carbonyl (C=O) groups is 1. The second-order valence-electron chi connectivity index (χ2n) is 6.33. The first-order chi connectivity index (χ1) is 10.8. The Morgan fingerprint density at radius 1 is 1.18 bits per heavy atom. The number of nitrogens with two attached hydrogens (primary N) is 1. The molecule has 1 atom stereocenters. The van der Waals surface area contributed by atoms with Crippen LogP contribution in [0.15, 0.2) is 12.1 Å². The number of anilines is 1. The van der Waals surface area contributed by atoms with Gasteiger partial charge in [0.2, 0.25) is 5.91 Å². The predicted octanol–water partition coefficient (Wildman–Crippen LogP) is 0.817. The Morgan fingerprint density at radius 2 is 2.00 bits per heavy atom. The Morgan fingerprint density at radius 3 is 2.68 bits per heavy atom. The van der Waals surface area contributed by atoms with Gasteiger partial charge in [-0.3, -0.25) is 4.79 Å². The first-order valence-corrected chi connectivity index (χ1v) is 8.31. The summed E-state index contributed by atoms with van der Waals surface area (Å²) in [4.78, 5) is 15.9. The Kier molecular flexibility index (Phi) is 4.87. The van der Waals surface area contributed by atoms with Crippen LogP contribution < -0.4 is 10.6 Å². The summed E-state index contributed by atoms with van der Waals surface area (Å²) in [6.45, 7) is 3.92.